The lowest BCUT2D eigenvalue weighted by Crippen LogP contribution is -2.40. The summed E-state index contributed by atoms with van der Waals surface area (Å²) in [6.07, 6.45) is 1.75. The number of benzene rings is 2. The second kappa shape index (κ2) is 9.24. The van der Waals surface area contributed by atoms with Gasteiger partial charge in [0.1, 0.15) is 5.75 Å². The first kappa shape index (κ1) is 21.3. The Hall–Kier alpha value is -3.05. The lowest BCUT2D eigenvalue weighted by atomic mass is 10.1. The molecule has 2 amide bonds. The molecule has 0 fully saturated rings. The summed E-state index contributed by atoms with van der Waals surface area (Å²) in [5, 5.41) is 11.8. The van der Waals surface area contributed by atoms with Gasteiger partial charge in [-0.3, -0.25) is 0 Å². The van der Waals surface area contributed by atoms with Gasteiger partial charge < -0.3 is 14.4 Å². The third kappa shape index (κ3) is 6.28. The van der Waals surface area contributed by atoms with Crippen LogP contribution in [0.2, 0.25) is 0 Å². The molecule has 0 bridgehead atoms. The van der Waals surface area contributed by atoms with E-state index in [9.17, 15) is 13.2 Å². The van der Waals surface area contributed by atoms with Crippen LogP contribution >= 0.6 is 0 Å². The van der Waals surface area contributed by atoms with Crippen molar-refractivity contribution in [1.29, 1.82) is 5.26 Å². The molecule has 2 aromatic carbocycles. The third-order valence-electron chi connectivity index (χ3n) is 4.15. The number of anilines is 1. The largest absolute Gasteiger partial charge is 0.383 e. The fourth-order valence-corrected chi connectivity index (χ4v) is 2.99. The maximum atomic E-state index is 12.8. The van der Waals surface area contributed by atoms with Crippen molar-refractivity contribution in [3.8, 4) is 11.8 Å². The van der Waals surface area contributed by atoms with Crippen molar-refractivity contribution in [1.82, 2.24) is 4.90 Å². The minimum atomic E-state index is -3.58. The van der Waals surface area contributed by atoms with Crippen LogP contribution in [0.5, 0.6) is 5.75 Å². The van der Waals surface area contributed by atoms with Crippen molar-refractivity contribution in [3.05, 3.63) is 59.7 Å². The summed E-state index contributed by atoms with van der Waals surface area (Å²) in [6, 6.07) is 15.0. The minimum Gasteiger partial charge on any atom is -0.383 e. The van der Waals surface area contributed by atoms with Crippen LogP contribution in [0.1, 0.15) is 31.4 Å². The number of carbonyl (C=O) groups is 1. The van der Waals surface area contributed by atoms with Gasteiger partial charge in [0.05, 0.1) is 17.9 Å². The molecule has 2 aromatic rings. The molecule has 0 spiro atoms. The third-order valence-corrected chi connectivity index (χ3v) is 4.65. The number of nitrogens with zero attached hydrogens (tertiary/aromatic N) is 2. The van der Waals surface area contributed by atoms with Gasteiger partial charge in [0.2, 0.25) is 0 Å². The second-order valence-corrected chi connectivity index (χ2v) is 8.01. The Morgan fingerprint density at radius 1 is 1.25 bits per heavy atom. The van der Waals surface area contributed by atoms with Crippen molar-refractivity contribution < 1.29 is 17.4 Å². The predicted octanol–water partition coefficient (Wildman–Crippen LogP) is 3.73. The molecular weight excluding hydrogens is 378 g/mol. The zero-order chi connectivity index (χ0) is 20.7. The van der Waals surface area contributed by atoms with E-state index in [1.165, 1.54) is 0 Å². The summed E-state index contributed by atoms with van der Waals surface area (Å²) in [6.45, 7) is 4.29. The Labute approximate surface area is 165 Å². The average Bonchev–Trinajstić information content (AvgIpc) is 2.65. The average molecular weight is 401 g/mol. The molecule has 0 aliphatic heterocycles. The molecule has 148 valence electrons. The lowest BCUT2D eigenvalue weighted by Gasteiger charge is -2.29. The normalized spacial score (nSPS) is 11.9. The van der Waals surface area contributed by atoms with Crippen molar-refractivity contribution in [2.45, 2.75) is 32.9 Å². The Kier molecular flexibility index (Phi) is 7.01. The standard InChI is InChI=1S/C20H23N3O4S/c1-4-15(2)23(20(24)22-18-7-5-6-17(12-18)13-21)14-16-8-10-19(11-9-16)27-28(3,25)26/h5-12,15H,4,14H2,1-3H3,(H,22,24). The molecule has 0 saturated carbocycles. The minimum absolute atomic E-state index is 0.0221. The first-order chi connectivity index (χ1) is 13.2. The Balaban J connectivity index is 2.14. The van der Waals surface area contributed by atoms with Crippen LogP contribution in [-0.4, -0.2) is 31.6 Å². The molecule has 1 N–H and O–H groups in total. The molecule has 0 radical (unpaired) electrons. The van der Waals surface area contributed by atoms with Crippen molar-refractivity contribution in [3.63, 3.8) is 0 Å². The monoisotopic (exact) mass is 401 g/mol. The van der Waals surface area contributed by atoms with Gasteiger partial charge in [-0.15, -0.1) is 0 Å². The number of nitriles is 1. The first-order valence-corrected chi connectivity index (χ1v) is 10.6. The summed E-state index contributed by atoms with van der Waals surface area (Å²) in [7, 11) is -3.58. The fraction of sp³-hybridized carbons (Fsp3) is 0.300. The number of hydrogen-bond donors (Lipinski definition) is 1. The maximum absolute atomic E-state index is 12.8. The van der Waals surface area contributed by atoms with Crippen LogP contribution in [0.4, 0.5) is 10.5 Å². The van der Waals surface area contributed by atoms with E-state index in [1.54, 1.807) is 53.4 Å². The van der Waals surface area contributed by atoms with Gasteiger partial charge in [-0.25, -0.2) is 4.79 Å². The molecule has 7 nitrogen and oxygen atoms in total. The van der Waals surface area contributed by atoms with Gasteiger partial charge in [-0.2, -0.15) is 13.7 Å². The molecule has 0 aliphatic rings. The predicted molar refractivity (Wildman–Crippen MR) is 107 cm³/mol. The van der Waals surface area contributed by atoms with Crippen molar-refractivity contribution in [2.75, 3.05) is 11.6 Å². The van der Waals surface area contributed by atoms with Crippen LogP contribution in [-0.2, 0) is 16.7 Å². The van der Waals surface area contributed by atoms with E-state index in [1.807, 2.05) is 19.9 Å². The van der Waals surface area contributed by atoms with Gasteiger partial charge >= 0.3 is 16.1 Å². The molecule has 1 unspecified atom stereocenters. The van der Waals surface area contributed by atoms with E-state index in [4.69, 9.17) is 9.44 Å². The highest BCUT2D eigenvalue weighted by atomic mass is 32.2. The summed E-state index contributed by atoms with van der Waals surface area (Å²) in [5.41, 5.74) is 1.85. The summed E-state index contributed by atoms with van der Waals surface area (Å²) in [5.74, 6) is 0.221. The van der Waals surface area contributed by atoms with E-state index in [2.05, 4.69) is 5.32 Å². The lowest BCUT2D eigenvalue weighted by molar-refractivity contribution is 0.187. The molecule has 0 aromatic heterocycles. The molecule has 28 heavy (non-hydrogen) atoms. The highest BCUT2D eigenvalue weighted by Gasteiger charge is 2.19. The van der Waals surface area contributed by atoms with Gasteiger partial charge in [-0.05, 0) is 49.2 Å². The summed E-state index contributed by atoms with van der Waals surface area (Å²) in [4.78, 5) is 14.5. The van der Waals surface area contributed by atoms with Crippen LogP contribution in [0.15, 0.2) is 48.5 Å². The van der Waals surface area contributed by atoms with E-state index < -0.39 is 10.1 Å². The van der Waals surface area contributed by atoms with Crippen LogP contribution in [0, 0.1) is 11.3 Å². The molecule has 0 heterocycles. The molecule has 2 rings (SSSR count). The smallest absolute Gasteiger partial charge is 0.322 e. The second-order valence-electron chi connectivity index (χ2n) is 6.44. The number of amides is 2. The topological polar surface area (TPSA) is 99.5 Å². The first-order valence-electron chi connectivity index (χ1n) is 8.78. The molecule has 1 atom stereocenters. The van der Waals surface area contributed by atoms with E-state index in [0.29, 0.717) is 17.8 Å². The van der Waals surface area contributed by atoms with Gasteiger partial charge in [-0.1, -0.05) is 25.1 Å². The highest BCUT2D eigenvalue weighted by Crippen LogP contribution is 2.18. The van der Waals surface area contributed by atoms with Crippen molar-refractivity contribution >= 4 is 21.8 Å². The fourth-order valence-electron chi connectivity index (χ4n) is 2.53. The van der Waals surface area contributed by atoms with Gasteiger partial charge in [0, 0.05) is 18.3 Å². The van der Waals surface area contributed by atoms with Crippen LogP contribution in [0.3, 0.4) is 0 Å². The zero-order valence-electron chi connectivity index (χ0n) is 16.0. The molecular formula is C20H23N3O4S. The zero-order valence-corrected chi connectivity index (χ0v) is 16.9. The summed E-state index contributed by atoms with van der Waals surface area (Å²) >= 11 is 0. The molecule has 0 saturated heterocycles. The highest BCUT2D eigenvalue weighted by molar-refractivity contribution is 7.86. The number of hydrogen-bond acceptors (Lipinski definition) is 5. The van der Waals surface area contributed by atoms with Gasteiger partial charge in [0.15, 0.2) is 0 Å². The SMILES string of the molecule is CCC(C)N(Cc1ccc(OS(C)(=O)=O)cc1)C(=O)Nc1cccc(C#N)c1. The quantitative estimate of drug-likeness (QED) is 0.713. The Morgan fingerprint density at radius 2 is 1.93 bits per heavy atom. The number of nitrogens with one attached hydrogen (secondary N) is 1. The Bertz CT molecular complexity index is 966. The van der Waals surface area contributed by atoms with Gasteiger partial charge in [0.25, 0.3) is 0 Å². The molecule has 0 aliphatic carbocycles. The van der Waals surface area contributed by atoms with Crippen LogP contribution in [0.25, 0.3) is 0 Å². The Morgan fingerprint density at radius 3 is 2.50 bits per heavy atom. The number of carbonyl (C=O) groups excluding carboxylic acids is 1. The van der Waals surface area contributed by atoms with Crippen LogP contribution < -0.4 is 9.50 Å². The summed E-state index contributed by atoms with van der Waals surface area (Å²) < 4.78 is 27.2. The molecule has 8 heteroatoms. The number of urea groups is 1. The van der Waals surface area contributed by atoms with Crippen molar-refractivity contribution in [2.24, 2.45) is 0 Å². The van der Waals surface area contributed by atoms with E-state index in [0.717, 1.165) is 18.2 Å². The maximum Gasteiger partial charge on any atom is 0.322 e. The number of rotatable bonds is 7. The van der Waals surface area contributed by atoms with E-state index in [-0.39, 0.29) is 17.8 Å². The van der Waals surface area contributed by atoms with E-state index >= 15 is 0 Å².